The highest BCUT2D eigenvalue weighted by Gasteiger charge is 2.31. The molecule has 1 saturated heterocycles. The third kappa shape index (κ3) is 1.99. The molecule has 1 heterocycles. The first-order valence-corrected chi connectivity index (χ1v) is 4.58. The first kappa shape index (κ1) is 10.0. The van der Waals surface area contributed by atoms with Gasteiger partial charge < -0.3 is 9.64 Å². The van der Waals surface area contributed by atoms with Gasteiger partial charge in [-0.25, -0.2) is 4.79 Å². The Kier molecular flexibility index (Phi) is 3.28. The van der Waals surface area contributed by atoms with E-state index in [0.717, 1.165) is 6.42 Å². The second kappa shape index (κ2) is 4.25. The van der Waals surface area contributed by atoms with Gasteiger partial charge in [0.25, 0.3) is 0 Å². The molecule has 0 unspecified atom stereocenters. The van der Waals surface area contributed by atoms with Gasteiger partial charge >= 0.3 is 5.97 Å². The summed E-state index contributed by atoms with van der Waals surface area (Å²) in [6, 6.07) is -0.375. The smallest absolute Gasteiger partial charge is 0.328 e. The van der Waals surface area contributed by atoms with Crippen LogP contribution in [0.5, 0.6) is 0 Å². The minimum Gasteiger partial charge on any atom is -0.467 e. The third-order valence-electron chi connectivity index (χ3n) is 2.35. The number of carbonyl (C=O) groups is 2. The van der Waals surface area contributed by atoms with Crippen molar-refractivity contribution in [2.75, 3.05) is 13.7 Å². The summed E-state index contributed by atoms with van der Waals surface area (Å²) in [4.78, 5) is 24.2. The van der Waals surface area contributed by atoms with Crippen molar-refractivity contribution in [1.82, 2.24) is 4.90 Å². The molecule has 1 aliphatic rings. The monoisotopic (exact) mass is 185 g/mol. The van der Waals surface area contributed by atoms with Gasteiger partial charge in [0.1, 0.15) is 6.04 Å². The Morgan fingerprint density at radius 1 is 1.69 bits per heavy atom. The zero-order chi connectivity index (χ0) is 9.84. The van der Waals surface area contributed by atoms with E-state index in [1.54, 1.807) is 4.90 Å². The predicted octanol–water partition coefficient (Wildman–Crippen LogP) is 0.560. The fourth-order valence-electron chi connectivity index (χ4n) is 1.65. The van der Waals surface area contributed by atoms with Gasteiger partial charge in [-0.2, -0.15) is 0 Å². The highest BCUT2D eigenvalue weighted by atomic mass is 16.5. The number of hydrogen-bond acceptors (Lipinski definition) is 3. The Balaban J connectivity index is 2.65. The van der Waals surface area contributed by atoms with Crippen LogP contribution in [0.15, 0.2) is 0 Å². The van der Waals surface area contributed by atoms with E-state index in [-0.39, 0.29) is 17.9 Å². The van der Waals surface area contributed by atoms with Crippen LogP contribution in [0.3, 0.4) is 0 Å². The molecule has 0 spiro atoms. The normalized spacial score (nSPS) is 18.9. The lowest BCUT2D eigenvalue weighted by Crippen LogP contribution is -2.42. The number of carbonyl (C=O) groups excluding carboxylic acids is 2. The molecule has 4 nitrogen and oxygen atoms in total. The van der Waals surface area contributed by atoms with Gasteiger partial charge in [-0.15, -0.1) is 0 Å². The molecule has 0 bridgehead atoms. The van der Waals surface area contributed by atoms with E-state index in [2.05, 4.69) is 4.74 Å². The lowest BCUT2D eigenvalue weighted by Gasteiger charge is -2.23. The number of rotatable bonds is 3. The third-order valence-corrected chi connectivity index (χ3v) is 2.35. The Morgan fingerprint density at radius 3 is 2.77 bits per heavy atom. The minimum atomic E-state index is -0.375. The number of ether oxygens (including phenoxy) is 1. The van der Waals surface area contributed by atoms with E-state index in [1.807, 2.05) is 6.92 Å². The molecule has 0 aromatic carbocycles. The van der Waals surface area contributed by atoms with E-state index in [1.165, 1.54) is 7.11 Å². The van der Waals surface area contributed by atoms with Crippen LogP contribution < -0.4 is 0 Å². The number of likely N-dealkylation sites (tertiary alicyclic amines) is 1. The van der Waals surface area contributed by atoms with E-state index in [0.29, 0.717) is 19.4 Å². The summed E-state index contributed by atoms with van der Waals surface area (Å²) in [7, 11) is 1.35. The topological polar surface area (TPSA) is 46.6 Å². The van der Waals surface area contributed by atoms with Crippen molar-refractivity contribution in [3.8, 4) is 0 Å². The molecule has 1 fully saturated rings. The molecule has 0 aliphatic carbocycles. The highest BCUT2D eigenvalue weighted by Crippen LogP contribution is 2.16. The van der Waals surface area contributed by atoms with Crippen molar-refractivity contribution in [2.24, 2.45) is 0 Å². The van der Waals surface area contributed by atoms with Crippen LogP contribution >= 0.6 is 0 Å². The fourth-order valence-corrected chi connectivity index (χ4v) is 1.65. The molecule has 1 aliphatic heterocycles. The number of methoxy groups -OCH3 is 1. The molecule has 0 aromatic heterocycles. The van der Waals surface area contributed by atoms with Crippen molar-refractivity contribution in [3.63, 3.8) is 0 Å². The zero-order valence-corrected chi connectivity index (χ0v) is 8.08. The summed E-state index contributed by atoms with van der Waals surface area (Å²) in [5.41, 5.74) is 0. The highest BCUT2D eigenvalue weighted by molar-refractivity contribution is 5.85. The molecule has 13 heavy (non-hydrogen) atoms. The molecular weight excluding hydrogens is 170 g/mol. The van der Waals surface area contributed by atoms with Gasteiger partial charge in [-0.1, -0.05) is 6.92 Å². The SMILES string of the molecule is CC[C@H](C(=O)OC)N1CCCC1=O. The maximum Gasteiger partial charge on any atom is 0.328 e. The largest absolute Gasteiger partial charge is 0.467 e. The van der Waals surface area contributed by atoms with Crippen molar-refractivity contribution in [1.29, 1.82) is 0 Å². The van der Waals surface area contributed by atoms with Gasteiger partial charge in [0.2, 0.25) is 5.91 Å². The van der Waals surface area contributed by atoms with Crippen molar-refractivity contribution in [2.45, 2.75) is 32.2 Å². The molecule has 4 heteroatoms. The summed E-state index contributed by atoms with van der Waals surface area (Å²) >= 11 is 0. The lowest BCUT2D eigenvalue weighted by molar-refractivity contribution is -0.151. The summed E-state index contributed by atoms with van der Waals surface area (Å²) in [6.45, 7) is 2.57. The molecule has 1 atom stereocenters. The molecular formula is C9H15NO3. The molecule has 0 saturated carbocycles. The van der Waals surface area contributed by atoms with Crippen LogP contribution in [-0.2, 0) is 14.3 Å². The van der Waals surface area contributed by atoms with Crippen LogP contribution in [0.2, 0.25) is 0 Å². The Morgan fingerprint density at radius 2 is 2.38 bits per heavy atom. The maximum atomic E-state index is 11.3. The number of amides is 1. The Labute approximate surface area is 77.8 Å². The molecule has 0 radical (unpaired) electrons. The average Bonchev–Trinajstić information content (AvgIpc) is 2.53. The summed E-state index contributed by atoms with van der Waals surface area (Å²) in [5.74, 6) is -0.241. The van der Waals surface area contributed by atoms with E-state index < -0.39 is 0 Å². The molecule has 0 N–H and O–H groups in total. The number of nitrogens with zero attached hydrogens (tertiary/aromatic N) is 1. The zero-order valence-electron chi connectivity index (χ0n) is 8.08. The van der Waals surface area contributed by atoms with E-state index >= 15 is 0 Å². The first-order valence-electron chi connectivity index (χ1n) is 4.58. The average molecular weight is 185 g/mol. The van der Waals surface area contributed by atoms with Crippen LogP contribution in [0, 0.1) is 0 Å². The van der Waals surface area contributed by atoms with E-state index in [4.69, 9.17) is 0 Å². The summed E-state index contributed by atoms with van der Waals surface area (Å²) < 4.78 is 4.63. The molecule has 1 amide bonds. The predicted molar refractivity (Wildman–Crippen MR) is 47.0 cm³/mol. The second-order valence-corrected chi connectivity index (χ2v) is 3.14. The summed E-state index contributed by atoms with van der Waals surface area (Å²) in [5, 5.41) is 0. The second-order valence-electron chi connectivity index (χ2n) is 3.14. The first-order chi connectivity index (χ1) is 6.20. The van der Waals surface area contributed by atoms with Crippen LogP contribution in [0.1, 0.15) is 26.2 Å². The van der Waals surface area contributed by atoms with Gasteiger partial charge in [-0.05, 0) is 12.8 Å². The van der Waals surface area contributed by atoms with Crippen molar-refractivity contribution >= 4 is 11.9 Å². The standard InChI is InChI=1S/C9H15NO3/c1-3-7(9(12)13-2)10-6-4-5-8(10)11/h7H,3-6H2,1-2H3/t7-/m1/s1. The Bertz CT molecular complexity index is 215. The molecule has 0 aromatic rings. The quantitative estimate of drug-likeness (QED) is 0.603. The van der Waals surface area contributed by atoms with Crippen LogP contribution in [0.4, 0.5) is 0 Å². The maximum absolute atomic E-state index is 11.3. The Hall–Kier alpha value is -1.06. The van der Waals surface area contributed by atoms with Gasteiger partial charge in [-0.3, -0.25) is 4.79 Å². The van der Waals surface area contributed by atoms with Crippen LogP contribution in [-0.4, -0.2) is 36.5 Å². The summed E-state index contributed by atoms with van der Waals surface area (Å²) in [6.07, 6.45) is 2.04. The number of esters is 1. The van der Waals surface area contributed by atoms with Gasteiger partial charge in [0.05, 0.1) is 7.11 Å². The van der Waals surface area contributed by atoms with E-state index in [9.17, 15) is 9.59 Å². The van der Waals surface area contributed by atoms with Gasteiger partial charge in [0.15, 0.2) is 0 Å². The van der Waals surface area contributed by atoms with Crippen molar-refractivity contribution in [3.05, 3.63) is 0 Å². The fraction of sp³-hybridized carbons (Fsp3) is 0.778. The molecule has 74 valence electrons. The van der Waals surface area contributed by atoms with Crippen LogP contribution in [0.25, 0.3) is 0 Å². The minimum absolute atomic E-state index is 0.0669. The lowest BCUT2D eigenvalue weighted by atomic mass is 10.2. The molecule has 1 rings (SSSR count). The van der Waals surface area contributed by atoms with Crippen molar-refractivity contribution < 1.29 is 14.3 Å². The van der Waals surface area contributed by atoms with Gasteiger partial charge in [0, 0.05) is 13.0 Å². The number of hydrogen-bond donors (Lipinski definition) is 0.